The normalized spacial score (nSPS) is 11.8. The lowest BCUT2D eigenvalue weighted by Crippen LogP contribution is -2.45. The molecule has 0 aliphatic rings. The molecule has 4 aromatic rings. The summed E-state index contributed by atoms with van der Waals surface area (Å²) in [5, 5.41) is 28.4. The van der Waals surface area contributed by atoms with Crippen molar-refractivity contribution in [3.63, 3.8) is 0 Å². The minimum absolute atomic E-state index is 0.0484. The number of carbonyl (C=O) groups is 3. The van der Waals surface area contributed by atoms with Gasteiger partial charge in [0.2, 0.25) is 17.6 Å². The molecule has 4 aromatic carbocycles. The van der Waals surface area contributed by atoms with Gasteiger partial charge in [-0.2, -0.15) is 0 Å². The van der Waals surface area contributed by atoms with E-state index in [1.165, 1.54) is 33.4 Å². The first-order chi connectivity index (χ1) is 22.6. The number of methoxy groups -OCH3 is 2. The maximum absolute atomic E-state index is 14.0. The SMILES string of the molecule is CNC(=O)[C@H](NC(=O)[C@@H](NC(=O)OCc1ccccc1)c1cc(OC)c(C)c(OCc2ccccc2)c1)c1cc(O)c(OC)c(O)c1. The third-order valence-electron chi connectivity index (χ3n) is 7.27. The monoisotopic (exact) mass is 643 g/mol. The zero-order valence-corrected chi connectivity index (χ0v) is 26.4. The minimum Gasteiger partial charge on any atom is -0.504 e. The number of benzene rings is 4. The zero-order chi connectivity index (χ0) is 33.9. The molecular weight excluding hydrogens is 606 g/mol. The zero-order valence-electron chi connectivity index (χ0n) is 26.4. The van der Waals surface area contributed by atoms with Crippen LogP contribution >= 0.6 is 0 Å². The quantitative estimate of drug-likeness (QED) is 0.140. The average Bonchev–Trinajstić information content (AvgIpc) is 3.08. The van der Waals surface area contributed by atoms with Crippen LogP contribution in [0.2, 0.25) is 0 Å². The van der Waals surface area contributed by atoms with Crippen LogP contribution in [-0.4, -0.2) is 49.4 Å². The van der Waals surface area contributed by atoms with Crippen molar-refractivity contribution < 1.29 is 43.5 Å². The van der Waals surface area contributed by atoms with Gasteiger partial charge < -0.3 is 45.1 Å². The largest absolute Gasteiger partial charge is 0.504 e. The number of hydrogen-bond donors (Lipinski definition) is 5. The lowest BCUT2D eigenvalue weighted by atomic mass is 10.00. The van der Waals surface area contributed by atoms with Crippen molar-refractivity contribution in [3.05, 3.63) is 113 Å². The van der Waals surface area contributed by atoms with E-state index in [0.717, 1.165) is 11.1 Å². The molecule has 0 bridgehead atoms. The van der Waals surface area contributed by atoms with E-state index in [-0.39, 0.29) is 30.1 Å². The average molecular weight is 644 g/mol. The highest BCUT2D eigenvalue weighted by Gasteiger charge is 2.31. The lowest BCUT2D eigenvalue weighted by molar-refractivity contribution is -0.130. The van der Waals surface area contributed by atoms with E-state index in [2.05, 4.69) is 16.0 Å². The first kappa shape index (κ1) is 34.0. The van der Waals surface area contributed by atoms with Crippen molar-refractivity contribution in [1.29, 1.82) is 0 Å². The number of aromatic hydroxyl groups is 2. The van der Waals surface area contributed by atoms with E-state index < -0.39 is 41.5 Å². The molecule has 0 unspecified atom stereocenters. The molecule has 246 valence electrons. The summed E-state index contributed by atoms with van der Waals surface area (Å²) in [5.74, 6) is -1.80. The van der Waals surface area contributed by atoms with Crippen LogP contribution in [0.4, 0.5) is 4.79 Å². The summed E-state index contributed by atoms with van der Waals surface area (Å²) in [6.07, 6.45) is -0.906. The van der Waals surface area contributed by atoms with E-state index in [1.54, 1.807) is 43.3 Å². The van der Waals surface area contributed by atoms with Crippen LogP contribution in [0.1, 0.15) is 39.9 Å². The van der Waals surface area contributed by atoms with Crippen molar-refractivity contribution in [2.24, 2.45) is 0 Å². The smallest absolute Gasteiger partial charge is 0.408 e. The first-order valence-electron chi connectivity index (χ1n) is 14.6. The van der Waals surface area contributed by atoms with Gasteiger partial charge >= 0.3 is 6.09 Å². The molecule has 0 saturated heterocycles. The van der Waals surface area contributed by atoms with Gasteiger partial charge in [0, 0.05) is 12.6 Å². The summed E-state index contributed by atoms with van der Waals surface area (Å²) in [7, 11) is 4.09. The van der Waals surface area contributed by atoms with Crippen molar-refractivity contribution in [3.8, 4) is 28.7 Å². The maximum atomic E-state index is 14.0. The molecule has 47 heavy (non-hydrogen) atoms. The van der Waals surface area contributed by atoms with Crippen LogP contribution in [0, 0.1) is 6.92 Å². The number of hydrogen-bond acceptors (Lipinski definition) is 9. The van der Waals surface area contributed by atoms with Gasteiger partial charge in [0.1, 0.15) is 36.8 Å². The Morgan fingerprint density at radius 3 is 1.79 bits per heavy atom. The van der Waals surface area contributed by atoms with E-state index >= 15 is 0 Å². The van der Waals surface area contributed by atoms with Crippen LogP contribution in [0.15, 0.2) is 84.9 Å². The number of phenolic OH excluding ortho intramolecular Hbond substituents is 2. The van der Waals surface area contributed by atoms with Crippen molar-refractivity contribution in [1.82, 2.24) is 16.0 Å². The molecule has 12 nitrogen and oxygen atoms in total. The Labute approximate surface area is 272 Å². The Hall–Kier alpha value is -5.91. The Morgan fingerprint density at radius 1 is 0.702 bits per heavy atom. The van der Waals surface area contributed by atoms with Crippen LogP contribution in [0.3, 0.4) is 0 Å². The summed E-state index contributed by atoms with van der Waals surface area (Å²) < 4.78 is 22.1. The highest BCUT2D eigenvalue weighted by Crippen LogP contribution is 2.39. The molecular formula is C35H37N3O9. The Kier molecular flexibility index (Phi) is 11.5. The molecule has 0 fully saturated rings. The van der Waals surface area contributed by atoms with Gasteiger partial charge in [-0.25, -0.2) is 4.79 Å². The second-order valence-corrected chi connectivity index (χ2v) is 10.4. The molecule has 0 heterocycles. The summed E-state index contributed by atoms with van der Waals surface area (Å²) in [6, 6.07) is 21.2. The molecule has 12 heteroatoms. The molecule has 0 aromatic heterocycles. The molecule has 0 aliphatic carbocycles. The fourth-order valence-corrected chi connectivity index (χ4v) is 4.79. The predicted molar refractivity (Wildman–Crippen MR) is 172 cm³/mol. The highest BCUT2D eigenvalue weighted by atomic mass is 16.5. The number of ether oxygens (including phenoxy) is 4. The molecule has 0 aliphatic heterocycles. The fraction of sp³-hybridized carbons (Fsp3) is 0.229. The number of rotatable bonds is 13. The fourth-order valence-electron chi connectivity index (χ4n) is 4.79. The van der Waals surface area contributed by atoms with Crippen LogP contribution in [0.25, 0.3) is 0 Å². The van der Waals surface area contributed by atoms with E-state index in [1.807, 2.05) is 36.4 Å². The molecule has 0 radical (unpaired) electrons. The second-order valence-electron chi connectivity index (χ2n) is 10.4. The number of nitrogens with one attached hydrogen (secondary N) is 3. The van der Waals surface area contributed by atoms with Crippen LogP contribution in [0.5, 0.6) is 28.7 Å². The number of amides is 3. The van der Waals surface area contributed by atoms with E-state index in [4.69, 9.17) is 18.9 Å². The summed E-state index contributed by atoms with van der Waals surface area (Å²) in [5.41, 5.74) is 2.61. The van der Waals surface area contributed by atoms with Crippen LogP contribution < -0.4 is 30.2 Å². The van der Waals surface area contributed by atoms with Gasteiger partial charge in [-0.1, -0.05) is 60.7 Å². The number of likely N-dealkylation sites (N-methyl/N-ethyl adjacent to an activating group) is 1. The second kappa shape index (κ2) is 15.9. The van der Waals surface area contributed by atoms with Gasteiger partial charge in [-0.15, -0.1) is 0 Å². The minimum atomic E-state index is -1.42. The topological polar surface area (TPSA) is 165 Å². The highest BCUT2D eigenvalue weighted by molar-refractivity contribution is 5.93. The summed E-state index contributed by atoms with van der Waals surface area (Å²) in [6.45, 7) is 1.96. The standard InChI is InChI=1S/C35H37N3O9/c1-21-28(44-3)17-25(18-29(21)46-19-22-11-7-5-8-12-22)31(38-35(43)47-20-23-13-9-6-10-14-23)34(42)37-30(33(41)36-2)24-15-26(39)32(45-4)27(40)16-24/h5-18,30-31,39-40H,19-20H2,1-4H3,(H,36,41)(H,37,42)(H,38,43)/t30-,31+/m1/s1. The maximum Gasteiger partial charge on any atom is 0.408 e. The number of phenols is 2. The third kappa shape index (κ3) is 8.63. The van der Waals surface area contributed by atoms with Crippen LogP contribution in [-0.2, 0) is 27.5 Å². The van der Waals surface area contributed by atoms with Gasteiger partial charge in [0.05, 0.1) is 14.2 Å². The van der Waals surface area contributed by atoms with Crippen molar-refractivity contribution >= 4 is 17.9 Å². The molecule has 3 amide bonds. The molecule has 2 atom stereocenters. The predicted octanol–water partition coefficient (Wildman–Crippen LogP) is 4.57. The molecule has 4 rings (SSSR count). The van der Waals surface area contributed by atoms with Crippen molar-refractivity contribution in [2.45, 2.75) is 32.2 Å². The lowest BCUT2D eigenvalue weighted by Gasteiger charge is -2.25. The van der Waals surface area contributed by atoms with Crippen molar-refractivity contribution in [2.75, 3.05) is 21.3 Å². The Morgan fingerprint density at radius 2 is 1.23 bits per heavy atom. The van der Waals surface area contributed by atoms with Gasteiger partial charge in [0.15, 0.2) is 11.5 Å². The van der Waals surface area contributed by atoms with Gasteiger partial charge in [0.25, 0.3) is 0 Å². The summed E-state index contributed by atoms with van der Waals surface area (Å²) >= 11 is 0. The van der Waals surface area contributed by atoms with Gasteiger partial charge in [-0.05, 0) is 53.4 Å². The van der Waals surface area contributed by atoms with E-state index in [9.17, 15) is 24.6 Å². The Balaban J connectivity index is 1.70. The van der Waals surface area contributed by atoms with Gasteiger partial charge in [-0.3, -0.25) is 9.59 Å². The molecule has 5 N–H and O–H groups in total. The molecule has 0 saturated carbocycles. The third-order valence-corrected chi connectivity index (χ3v) is 7.27. The summed E-state index contributed by atoms with van der Waals surface area (Å²) in [4.78, 5) is 40.1. The van der Waals surface area contributed by atoms with E-state index in [0.29, 0.717) is 17.1 Å². The molecule has 0 spiro atoms. The first-order valence-corrected chi connectivity index (χ1v) is 14.6. The number of carbonyl (C=O) groups excluding carboxylic acids is 3. The number of alkyl carbamates (subject to hydrolysis) is 1. The Bertz CT molecular complexity index is 1670.